The maximum absolute atomic E-state index is 11.8. The molecule has 4 rings (SSSR count). The number of nitrogens with two attached hydrogens (primary N) is 1. The minimum Gasteiger partial charge on any atom is -0.489 e. The van der Waals surface area contributed by atoms with Gasteiger partial charge >= 0.3 is 0 Å². The Bertz CT molecular complexity index is 1210. The van der Waals surface area contributed by atoms with Gasteiger partial charge in [0.25, 0.3) is 0 Å². The number of allylic oxidation sites excluding steroid dienone is 1. The van der Waals surface area contributed by atoms with Crippen LogP contribution < -0.4 is 20.5 Å². The molecule has 1 fully saturated rings. The van der Waals surface area contributed by atoms with Gasteiger partial charge in [0.05, 0.1) is 28.9 Å². The van der Waals surface area contributed by atoms with Crippen LogP contribution in [0.5, 0.6) is 5.75 Å². The van der Waals surface area contributed by atoms with E-state index in [4.69, 9.17) is 9.88 Å². The summed E-state index contributed by atoms with van der Waals surface area (Å²) in [7, 11) is -3.86. The van der Waals surface area contributed by atoms with E-state index in [1.54, 1.807) is 12.3 Å². The van der Waals surface area contributed by atoms with Gasteiger partial charge in [-0.1, -0.05) is 6.08 Å². The van der Waals surface area contributed by atoms with Crippen LogP contribution in [-0.2, 0) is 14.8 Å². The summed E-state index contributed by atoms with van der Waals surface area (Å²) in [6.07, 6.45) is 4.40. The molecular weight excluding hydrogens is 464 g/mol. The molecular formula is C21H26N6O4S2. The lowest BCUT2D eigenvalue weighted by Gasteiger charge is -2.32. The summed E-state index contributed by atoms with van der Waals surface area (Å²) in [6.45, 7) is 5.54. The molecule has 2 aromatic rings. The summed E-state index contributed by atoms with van der Waals surface area (Å²) in [5.41, 5.74) is 2.12. The fourth-order valence-electron chi connectivity index (χ4n) is 3.56. The van der Waals surface area contributed by atoms with Crippen molar-refractivity contribution in [3.05, 3.63) is 35.3 Å². The van der Waals surface area contributed by atoms with Crippen LogP contribution in [0.3, 0.4) is 0 Å². The molecule has 2 aliphatic rings. The number of carbonyl (C=O) groups excluding carboxylic acids is 1. The zero-order chi connectivity index (χ0) is 23.6. The Hall–Kier alpha value is -2.80. The van der Waals surface area contributed by atoms with Crippen molar-refractivity contribution in [1.29, 1.82) is 0 Å². The highest BCUT2D eigenvalue weighted by atomic mass is 32.2. The standard InChI is InChI=1S/C21H26N6O4S2/c1-13(2)31-18-5-4-15(33(22,29)30)9-16(18)25-21-26-17(12-32-21)14-3-6-19(24-10-14)27-8-7-23-20(28)11-27/h3-5,9-10,12-13,19H,6-8,11H2,1-2H3,(H,23,28)(H,25,26)(H2,22,29,30). The lowest BCUT2D eigenvalue weighted by molar-refractivity contribution is -0.124. The Balaban J connectivity index is 1.49. The molecule has 0 bridgehead atoms. The first-order valence-corrected chi connectivity index (χ1v) is 12.9. The molecule has 0 spiro atoms. The smallest absolute Gasteiger partial charge is 0.238 e. The number of anilines is 2. The van der Waals surface area contributed by atoms with Crippen LogP contribution in [0.1, 0.15) is 26.0 Å². The van der Waals surface area contributed by atoms with E-state index in [1.807, 2.05) is 19.2 Å². The van der Waals surface area contributed by atoms with Crippen molar-refractivity contribution >= 4 is 49.9 Å². The molecule has 1 aromatic carbocycles. The molecule has 1 amide bonds. The molecule has 4 N–H and O–H groups in total. The van der Waals surface area contributed by atoms with Gasteiger partial charge in [0.2, 0.25) is 15.9 Å². The highest BCUT2D eigenvalue weighted by molar-refractivity contribution is 7.89. The number of amides is 1. The van der Waals surface area contributed by atoms with Crippen LogP contribution in [0, 0.1) is 0 Å². The lowest BCUT2D eigenvalue weighted by Crippen LogP contribution is -2.51. The third kappa shape index (κ3) is 5.77. The van der Waals surface area contributed by atoms with Gasteiger partial charge in [-0.05, 0) is 32.0 Å². The number of ether oxygens (including phenoxy) is 1. The van der Waals surface area contributed by atoms with Crippen molar-refractivity contribution in [3.8, 4) is 5.75 Å². The number of rotatable bonds is 7. The van der Waals surface area contributed by atoms with Gasteiger partial charge in [0, 0.05) is 36.7 Å². The Kier molecular flexibility index (Phi) is 6.79. The third-order valence-corrected chi connectivity index (χ3v) is 6.78. The maximum atomic E-state index is 11.8. The second-order valence-electron chi connectivity index (χ2n) is 8.01. The van der Waals surface area contributed by atoms with Gasteiger partial charge in [0.15, 0.2) is 5.13 Å². The highest BCUT2D eigenvalue weighted by Crippen LogP contribution is 2.33. The second-order valence-corrected chi connectivity index (χ2v) is 10.4. The number of benzene rings is 1. The molecule has 12 heteroatoms. The molecule has 3 heterocycles. The molecule has 1 aromatic heterocycles. The number of hydrogen-bond acceptors (Lipinski definition) is 9. The molecule has 176 valence electrons. The monoisotopic (exact) mass is 490 g/mol. The van der Waals surface area contributed by atoms with Crippen molar-refractivity contribution in [3.63, 3.8) is 0 Å². The van der Waals surface area contributed by atoms with Crippen molar-refractivity contribution in [2.24, 2.45) is 10.1 Å². The Morgan fingerprint density at radius 3 is 2.85 bits per heavy atom. The van der Waals surface area contributed by atoms with Crippen LogP contribution in [0.15, 0.2) is 39.5 Å². The number of sulfonamides is 1. The summed E-state index contributed by atoms with van der Waals surface area (Å²) in [5.74, 6) is 0.523. The van der Waals surface area contributed by atoms with Crippen molar-refractivity contribution in [2.45, 2.75) is 37.4 Å². The molecule has 2 aliphatic heterocycles. The quantitative estimate of drug-likeness (QED) is 0.539. The molecule has 10 nitrogen and oxygen atoms in total. The first kappa shape index (κ1) is 23.4. The van der Waals surface area contributed by atoms with Crippen LogP contribution in [0.4, 0.5) is 10.8 Å². The number of dihydropyridines is 1. The molecule has 0 saturated carbocycles. The number of primary sulfonamides is 1. The van der Waals surface area contributed by atoms with E-state index >= 15 is 0 Å². The summed E-state index contributed by atoms with van der Waals surface area (Å²) < 4.78 is 29.4. The van der Waals surface area contributed by atoms with Gasteiger partial charge in [-0.25, -0.2) is 18.5 Å². The lowest BCUT2D eigenvalue weighted by atomic mass is 10.1. The number of hydrogen-bond donors (Lipinski definition) is 3. The van der Waals surface area contributed by atoms with E-state index in [0.29, 0.717) is 36.1 Å². The van der Waals surface area contributed by atoms with Gasteiger partial charge in [-0.2, -0.15) is 0 Å². The largest absolute Gasteiger partial charge is 0.489 e. The molecule has 0 aliphatic carbocycles. The van der Waals surface area contributed by atoms with E-state index < -0.39 is 10.0 Å². The summed E-state index contributed by atoms with van der Waals surface area (Å²) in [6, 6.07) is 4.43. The average Bonchev–Trinajstić information content (AvgIpc) is 3.22. The fourth-order valence-corrected chi connectivity index (χ4v) is 4.83. The second kappa shape index (κ2) is 9.59. The maximum Gasteiger partial charge on any atom is 0.238 e. The van der Waals surface area contributed by atoms with Gasteiger partial charge in [0.1, 0.15) is 11.9 Å². The van der Waals surface area contributed by atoms with E-state index in [9.17, 15) is 13.2 Å². The van der Waals surface area contributed by atoms with Crippen molar-refractivity contribution in [2.75, 3.05) is 25.0 Å². The van der Waals surface area contributed by atoms with Crippen LogP contribution in [0.2, 0.25) is 0 Å². The molecule has 1 unspecified atom stereocenters. The first-order chi connectivity index (χ1) is 15.7. The predicted molar refractivity (Wildman–Crippen MR) is 128 cm³/mol. The summed E-state index contributed by atoms with van der Waals surface area (Å²) in [4.78, 5) is 22.9. The Labute approximate surface area is 196 Å². The van der Waals surface area contributed by atoms with E-state index in [0.717, 1.165) is 17.8 Å². The van der Waals surface area contributed by atoms with E-state index in [1.165, 1.54) is 23.5 Å². The minimum absolute atomic E-state index is 0.0163. The van der Waals surface area contributed by atoms with Gasteiger partial charge in [-0.15, -0.1) is 11.3 Å². The van der Waals surface area contributed by atoms with Gasteiger partial charge < -0.3 is 15.4 Å². The van der Waals surface area contributed by atoms with E-state index in [2.05, 4.69) is 31.6 Å². The van der Waals surface area contributed by atoms with Crippen LogP contribution in [-0.4, -0.2) is 62.3 Å². The minimum atomic E-state index is -3.86. The van der Waals surface area contributed by atoms with Crippen molar-refractivity contribution in [1.82, 2.24) is 15.2 Å². The SMILES string of the molecule is CC(C)Oc1ccc(S(N)(=O)=O)cc1Nc1nc(C2=CCC(N3CCNC(=O)C3)N=C2)cs1. The van der Waals surface area contributed by atoms with Crippen LogP contribution in [0.25, 0.3) is 5.57 Å². The first-order valence-electron chi connectivity index (χ1n) is 10.5. The van der Waals surface area contributed by atoms with Crippen LogP contribution >= 0.6 is 11.3 Å². The molecule has 0 radical (unpaired) electrons. The topological polar surface area (TPSA) is 139 Å². The number of thiazole rings is 1. The molecule has 1 atom stereocenters. The number of aliphatic imine (C=N–C) groups is 1. The number of aromatic nitrogens is 1. The van der Waals surface area contributed by atoms with Gasteiger partial charge in [-0.3, -0.25) is 14.7 Å². The van der Waals surface area contributed by atoms with E-state index in [-0.39, 0.29) is 23.1 Å². The number of nitrogens with one attached hydrogen (secondary N) is 2. The summed E-state index contributed by atoms with van der Waals surface area (Å²) >= 11 is 1.38. The predicted octanol–water partition coefficient (Wildman–Crippen LogP) is 1.94. The number of piperazine rings is 1. The molecule has 33 heavy (non-hydrogen) atoms. The average molecular weight is 491 g/mol. The zero-order valence-electron chi connectivity index (χ0n) is 18.3. The van der Waals surface area contributed by atoms with Crippen molar-refractivity contribution < 1.29 is 17.9 Å². The Morgan fingerprint density at radius 1 is 1.36 bits per heavy atom. The Morgan fingerprint density at radius 2 is 2.18 bits per heavy atom. The fraction of sp³-hybridized carbons (Fsp3) is 0.381. The molecule has 1 saturated heterocycles. The number of nitrogens with zero attached hydrogens (tertiary/aromatic N) is 3. The zero-order valence-corrected chi connectivity index (χ0v) is 19.9. The normalized spacial score (nSPS) is 19.3. The summed E-state index contributed by atoms with van der Waals surface area (Å²) in [5, 5.41) is 13.7. The number of carbonyl (C=O) groups is 1. The highest BCUT2D eigenvalue weighted by Gasteiger charge is 2.24. The third-order valence-electron chi connectivity index (χ3n) is 5.11.